The number of nitrogens with two attached hydrogens (primary N) is 1. The molecule has 0 aliphatic heterocycles. The molecule has 0 radical (unpaired) electrons. The van der Waals surface area contributed by atoms with E-state index in [1.807, 2.05) is 12.1 Å². The molecule has 1 aromatic heterocycles. The maximum absolute atomic E-state index is 10.3. The number of aromatic nitrogens is 1. The maximum atomic E-state index is 10.3. The van der Waals surface area contributed by atoms with Crippen LogP contribution in [0, 0.1) is 0 Å². The number of hydrogen-bond acceptors (Lipinski definition) is 3. The topological polar surface area (TPSA) is 76.2 Å². The molecule has 1 rings (SSSR count). The van der Waals surface area contributed by atoms with Gasteiger partial charge in [0, 0.05) is 18.4 Å². The summed E-state index contributed by atoms with van der Waals surface area (Å²) in [7, 11) is 0. The van der Waals surface area contributed by atoms with Gasteiger partial charge in [-0.1, -0.05) is 18.2 Å². The lowest BCUT2D eigenvalue weighted by Crippen LogP contribution is -2.20. The third kappa shape index (κ3) is 3.82. The Labute approximate surface area is 82.1 Å². The van der Waals surface area contributed by atoms with Gasteiger partial charge in [-0.3, -0.25) is 9.78 Å². The van der Waals surface area contributed by atoms with Crippen LogP contribution in [0.15, 0.2) is 30.6 Å². The number of rotatable bonds is 4. The second kappa shape index (κ2) is 5.14. The van der Waals surface area contributed by atoms with Crippen molar-refractivity contribution in [1.82, 2.24) is 4.98 Å². The molecule has 14 heavy (non-hydrogen) atoms. The predicted octanol–water partition coefficient (Wildman–Crippen LogP) is 0.897. The van der Waals surface area contributed by atoms with Crippen LogP contribution >= 0.6 is 0 Å². The lowest BCUT2D eigenvalue weighted by molar-refractivity contribution is -0.137. The van der Waals surface area contributed by atoms with E-state index in [1.165, 1.54) is 0 Å². The van der Waals surface area contributed by atoms with Crippen molar-refractivity contribution < 1.29 is 9.90 Å². The smallest absolute Gasteiger partial charge is 0.305 e. The molecule has 0 aliphatic carbocycles. The van der Waals surface area contributed by atoms with Gasteiger partial charge in [0.05, 0.1) is 6.42 Å². The average Bonchev–Trinajstić information content (AvgIpc) is 2.15. The van der Waals surface area contributed by atoms with Gasteiger partial charge in [0.1, 0.15) is 0 Å². The van der Waals surface area contributed by atoms with Crippen LogP contribution in [-0.4, -0.2) is 22.1 Å². The highest BCUT2D eigenvalue weighted by molar-refractivity contribution is 5.68. The van der Waals surface area contributed by atoms with Crippen molar-refractivity contribution in [2.45, 2.75) is 12.5 Å². The highest BCUT2D eigenvalue weighted by atomic mass is 16.4. The Kier molecular flexibility index (Phi) is 3.82. The summed E-state index contributed by atoms with van der Waals surface area (Å²) in [6.45, 7) is 0. The van der Waals surface area contributed by atoms with Gasteiger partial charge in [-0.2, -0.15) is 0 Å². The second-order valence-electron chi connectivity index (χ2n) is 2.91. The Morgan fingerprint density at radius 1 is 1.71 bits per heavy atom. The van der Waals surface area contributed by atoms with Crippen molar-refractivity contribution in [2.75, 3.05) is 0 Å². The number of carboxylic acids is 1. The molecule has 1 heterocycles. The first-order valence-corrected chi connectivity index (χ1v) is 4.24. The zero-order chi connectivity index (χ0) is 10.4. The van der Waals surface area contributed by atoms with Crippen LogP contribution in [0.25, 0.3) is 6.08 Å². The van der Waals surface area contributed by atoms with Crippen molar-refractivity contribution in [3.63, 3.8) is 0 Å². The molecule has 0 saturated heterocycles. The van der Waals surface area contributed by atoms with Crippen LogP contribution < -0.4 is 5.73 Å². The van der Waals surface area contributed by atoms with Gasteiger partial charge in [-0.05, 0) is 11.6 Å². The van der Waals surface area contributed by atoms with Gasteiger partial charge in [-0.25, -0.2) is 0 Å². The fourth-order valence-electron chi connectivity index (χ4n) is 0.979. The molecule has 0 aromatic carbocycles. The van der Waals surface area contributed by atoms with Gasteiger partial charge in [0.15, 0.2) is 0 Å². The molecule has 1 aromatic rings. The van der Waals surface area contributed by atoms with Gasteiger partial charge in [0.25, 0.3) is 0 Å². The van der Waals surface area contributed by atoms with E-state index in [1.54, 1.807) is 24.5 Å². The summed E-state index contributed by atoms with van der Waals surface area (Å²) in [5.41, 5.74) is 6.44. The van der Waals surface area contributed by atoms with Crippen molar-refractivity contribution in [1.29, 1.82) is 0 Å². The average molecular weight is 192 g/mol. The van der Waals surface area contributed by atoms with E-state index < -0.39 is 12.0 Å². The summed E-state index contributed by atoms with van der Waals surface area (Å²) >= 11 is 0. The number of nitrogens with zero attached hydrogens (tertiary/aromatic N) is 1. The van der Waals surface area contributed by atoms with Gasteiger partial charge >= 0.3 is 5.97 Å². The molecule has 0 spiro atoms. The van der Waals surface area contributed by atoms with Crippen molar-refractivity contribution >= 4 is 12.0 Å². The quantitative estimate of drug-likeness (QED) is 0.743. The zero-order valence-electron chi connectivity index (χ0n) is 7.63. The maximum Gasteiger partial charge on any atom is 0.305 e. The van der Waals surface area contributed by atoms with Crippen LogP contribution in [0.3, 0.4) is 0 Å². The molecule has 0 bridgehead atoms. The lowest BCUT2D eigenvalue weighted by atomic mass is 10.1. The molecule has 4 nitrogen and oxygen atoms in total. The third-order valence-corrected chi connectivity index (χ3v) is 1.63. The summed E-state index contributed by atoms with van der Waals surface area (Å²) in [6.07, 6.45) is 6.72. The van der Waals surface area contributed by atoms with Crippen molar-refractivity contribution in [3.8, 4) is 0 Å². The van der Waals surface area contributed by atoms with Crippen LogP contribution in [-0.2, 0) is 4.79 Å². The Morgan fingerprint density at radius 3 is 3.07 bits per heavy atom. The van der Waals surface area contributed by atoms with Crippen molar-refractivity contribution in [2.24, 2.45) is 5.73 Å². The first kappa shape index (κ1) is 10.4. The molecule has 0 fully saturated rings. The molecule has 1 unspecified atom stereocenters. The number of pyridine rings is 1. The fourth-order valence-corrected chi connectivity index (χ4v) is 0.979. The minimum absolute atomic E-state index is 0.0588. The summed E-state index contributed by atoms with van der Waals surface area (Å²) < 4.78 is 0. The largest absolute Gasteiger partial charge is 0.481 e. The van der Waals surface area contributed by atoms with Gasteiger partial charge in [-0.15, -0.1) is 0 Å². The van der Waals surface area contributed by atoms with Crippen LogP contribution in [0.5, 0.6) is 0 Å². The summed E-state index contributed by atoms with van der Waals surface area (Å²) in [6, 6.07) is 3.23. The van der Waals surface area contributed by atoms with E-state index in [2.05, 4.69) is 4.98 Å². The second-order valence-corrected chi connectivity index (χ2v) is 2.91. The molecular formula is C10H12N2O2. The first-order valence-electron chi connectivity index (χ1n) is 4.24. The molecule has 1 atom stereocenters. The number of aliphatic carboxylic acids is 1. The Bertz CT molecular complexity index is 322. The Morgan fingerprint density at radius 2 is 2.50 bits per heavy atom. The number of carbonyl (C=O) groups is 1. The monoisotopic (exact) mass is 192 g/mol. The number of carboxylic acid groups (broad SMARTS) is 1. The lowest BCUT2D eigenvalue weighted by Gasteiger charge is -2.00. The van der Waals surface area contributed by atoms with E-state index in [4.69, 9.17) is 10.8 Å². The van der Waals surface area contributed by atoms with E-state index in [9.17, 15) is 4.79 Å². The van der Waals surface area contributed by atoms with Crippen LogP contribution in [0.4, 0.5) is 0 Å². The van der Waals surface area contributed by atoms with Crippen molar-refractivity contribution in [3.05, 3.63) is 36.2 Å². The fraction of sp³-hybridized carbons (Fsp3) is 0.200. The molecule has 74 valence electrons. The van der Waals surface area contributed by atoms with E-state index in [0.29, 0.717) is 0 Å². The summed E-state index contributed by atoms with van der Waals surface area (Å²) in [5.74, 6) is -0.895. The highest BCUT2D eigenvalue weighted by Gasteiger charge is 2.02. The van der Waals surface area contributed by atoms with E-state index >= 15 is 0 Å². The molecule has 0 amide bonds. The predicted molar refractivity (Wildman–Crippen MR) is 53.5 cm³/mol. The van der Waals surface area contributed by atoms with Crippen LogP contribution in [0.2, 0.25) is 0 Å². The minimum atomic E-state index is -0.895. The van der Waals surface area contributed by atoms with E-state index in [-0.39, 0.29) is 6.42 Å². The summed E-state index contributed by atoms with van der Waals surface area (Å²) in [4.78, 5) is 14.2. The van der Waals surface area contributed by atoms with E-state index in [0.717, 1.165) is 5.56 Å². The zero-order valence-corrected chi connectivity index (χ0v) is 7.63. The van der Waals surface area contributed by atoms with Crippen LogP contribution in [0.1, 0.15) is 12.0 Å². The first-order chi connectivity index (χ1) is 6.68. The Hall–Kier alpha value is -1.68. The summed E-state index contributed by atoms with van der Waals surface area (Å²) in [5, 5.41) is 8.45. The van der Waals surface area contributed by atoms with Gasteiger partial charge in [0.2, 0.25) is 0 Å². The molecular weight excluding hydrogens is 180 g/mol. The molecule has 4 heteroatoms. The third-order valence-electron chi connectivity index (χ3n) is 1.63. The molecule has 3 N–H and O–H groups in total. The number of hydrogen-bond donors (Lipinski definition) is 2. The minimum Gasteiger partial charge on any atom is -0.481 e. The van der Waals surface area contributed by atoms with Gasteiger partial charge < -0.3 is 10.8 Å². The molecule has 0 aliphatic rings. The normalized spacial score (nSPS) is 12.9. The Balaban J connectivity index is 2.52. The standard InChI is InChI=1S/C10H12N2O2/c11-9(6-10(13)14)4-3-8-2-1-5-12-7-8/h1-5,7,9H,6,11H2,(H,13,14)/b4-3+. The SMILES string of the molecule is NC(/C=C/c1cccnc1)CC(=O)O. The molecule has 0 saturated carbocycles. The highest BCUT2D eigenvalue weighted by Crippen LogP contribution is 2.00.